The summed E-state index contributed by atoms with van der Waals surface area (Å²) in [6, 6.07) is 18.2. The smallest absolute Gasteiger partial charge is 0.335 e. The molecule has 0 bridgehead atoms. The molecular formula is C47H57N2O11S2+. The lowest BCUT2D eigenvalue weighted by Gasteiger charge is -2.27. The van der Waals surface area contributed by atoms with Crippen molar-refractivity contribution in [3.05, 3.63) is 124 Å². The van der Waals surface area contributed by atoms with Gasteiger partial charge in [-0.3, -0.25) is 9.11 Å². The van der Waals surface area contributed by atoms with Crippen LogP contribution >= 0.6 is 0 Å². The van der Waals surface area contributed by atoms with Gasteiger partial charge in [0.15, 0.2) is 5.71 Å². The van der Waals surface area contributed by atoms with Gasteiger partial charge in [0.05, 0.1) is 36.7 Å². The molecule has 6 rings (SSSR count). The molecule has 332 valence electrons. The van der Waals surface area contributed by atoms with E-state index < -0.39 is 37.0 Å². The lowest BCUT2D eigenvalue weighted by atomic mass is 9.81. The van der Waals surface area contributed by atoms with Crippen LogP contribution in [-0.2, 0) is 31.1 Å². The van der Waals surface area contributed by atoms with Crippen LogP contribution in [0.5, 0.6) is 17.2 Å². The van der Waals surface area contributed by atoms with Crippen LogP contribution in [0.3, 0.4) is 0 Å². The number of methoxy groups -OCH3 is 2. The second-order valence-electron chi connectivity index (χ2n) is 16.9. The molecule has 2 aliphatic heterocycles. The molecule has 0 amide bonds. The van der Waals surface area contributed by atoms with Crippen molar-refractivity contribution in [1.82, 2.24) is 0 Å². The first-order valence-corrected chi connectivity index (χ1v) is 24.0. The average molecular weight is 890 g/mol. The molecule has 3 aliphatic rings. The summed E-state index contributed by atoms with van der Waals surface area (Å²) in [6.45, 7) is 9.60. The molecule has 0 fully saturated rings. The summed E-state index contributed by atoms with van der Waals surface area (Å²) in [5.41, 5.74) is 7.17. The number of carboxylic acids is 1. The van der Waals surface area contributed by atoms with Crippen molar-refractivity contribution >= 4 is 43.3 Å². The number of anilines is 1. The van der Waals surface area contributed by atoms with E-state index >= 15 is 0 Å². The van der Waals surface area contributed by atoms with E-state index in [0.717, 1.165) is 63.0 Å². The lowest BCUT2D eigenvalue weighted by molar-refractivity contribution is -0.438. The Hall–Kier alpha value is -5.22. The van der Waals surface area contributed by atoms with Gasteiger partial charge in [-0.05, 0) is 136 Å². The molecule has 1 aliphatic carbocycles. The van der Waals surface area contributed by atoms with Gasteiger partial charge < -0.3 is 24.2 Å². The fourth-order valence-electron chi connectivity index (χ4n) is 8.65. The van der Waals surface area contributed by atoms with Crippen molar-refractivity contribution in [2.45, 2.75) is 83.5 Å². The second-order valence-corrected chi connectivity index (χ2v) is 20.1. The van der Waals surface area contributed by atoms with Gasteiger partial charge in [-0.2, -0.15) is 21.4 Å². The van der Waals surface area contributed by atoms with Gasteiger partial charge in [-0.25, -0.2) is 4.79 Å². The molecule has 0 radical (unpaired) electrons. The van der Waals surface area contributed by atoms with E-state index in [9.17, 15) is 35.8 Å². The first kappa shape index (κ1) is 46.3. The monoisotopic (exact) mass is 889 g/mol. The summed E-state index contributed by atoms with van der Waals surface area (Å²) in [5, 5.41) is 9.58. The van der Waals surface area contributed by atoms with Crippen LogP contribution in [0.15, 0.2) is 108 Å². The molecule has 13 nitrogen and oxygen atoms in total. The number of fused-ring (bicyclic) bond motifs is 2. The number of carboxylic acid groups (broad SMARTS) is 1. The number of benzene rings is 3. The van der Waals surface area contributed by atoms with Crippen molar-refractivity contribution in [2.24, 2.45) is 0 Å². The van der Waals surface area contributed by atoms with Crippen LogP contribution < -0.4 is 19.1 Å². The number of allylic oxidation sites excluding steroid dienone is 7. The normalized spacial score (nSPS) is 18.5. The Labute approximate surface area is 365 Å². The molecule has 15 heteroatoms. The molecule has 3 aromatic carbocycles. The third-order valence-corrected chi connectivity index (χ3v) is 13.6. The quantitative estimate of drug-likeness (QED) is 0.0629. The Morgan fingerprint density at radius 1 is 0.758 bits per heavy atom. The summed E-state index contributed by atoms with van der Waals surface area (Å²) >= 11 is 0. The number of ether oxygens (including phenoxy) is 3. The summed E-state index contributed by atoms with van der Waals surface area (Å²) in [7, 11) is -4.93. The number of unbranched alkanes of at least 4 members (excludes halogenated alkanes) is 2. The number of rotatable bonds is 18. The molecule has 0 saturated heterocycles. The minimum absolute atomic E-state index is 0.139. The topological polar surface area (TPSA) is 180 Å². The SMILES string of the molecule is COc1ccc2c(c1)C(C)(C)C(/C=C/C1=C(Oc3ccc(C(=O)O)cc3)C(=C/C=C3/N(CCCCS(=O)(=O)O)c4ccc(OC)cc4C3(C)C)/CCC1)=[N+]2CCCCS(=O)(=O)O. The average Bonchev–Trinajstić information content (AvgIpc) is 3.56. The first-order valence-electron chi connectivity index (χ1n) is 20.8. The van der Waals surface area contributed by atoms with Crippen LogP contribution in [0, 0.1) is 0 Å². The highest BCUT2D eigenvalue weighted by Crippen LogP contribution is 2.49. The van der Waals surface area contributed by atoms with Crippen molar-refractivity contribution < 1.29 is 54.6 Å². The number of aromatic carboxylic acids is 1. The maximum absolute atomic E-state index is 11.7. The molecule has 0 spiro atoms. The van der Waals surface area contributed by atoms with Gasteiger partial charge in [0.2, 0.25) is 5.69 Å². The fraction of sp³-hybridized carbons (Fsp3) is 0.404. The predicted octanol–water partition coefficient (Wildman–Crippen LogP) is 8.80. The second kappa shape index (κ2) is 18.6. The standard InChI is InChI=1S/C47H56N2O11S2/c1-46(2)38-30-36(58-5)20-22-40(38)48(26-7-9-28-61(52,53)54)42(46)24-16-32-12-11-13-33(44(32)60-35-18-14-34(15-19-35)45(50)51)17-25-43-47(3,4)39-31-37(59-6)21-23-41(39)49(43)27-8-10-29-62(55,56)57/h14-25,30-31H,7-13,26-29H2,1-6H3,(H2-,50,51,52,53,54,55,56,57)/p+1. The van der Waals surface area contributed by atoms with E-state index in [1.165, 1.54) is 12.1 Å². The molecule has 62 heavy (non-hydrogen) atoms. The van der Waals surface area contributed by atoms with Gasteiger partial charge in [0, 0.05) is 47.5 Å². The molecule has 3 aromatic rings. The highest BCUT2D eigenvalue weighted by Gasteiger charge is 2.45. The minimum Gasteiger partial charge on any atom is -0.497 e. The minimum atomic E-state index is -4.09. The van der Waals surface area contributed by atoms with E-state index in [2.05, 4.69) is 61.5 Å². The molecular weight excluding hydrogens is 833 g/mol. The Bertz CT molecular complexity index is 2580. The predicted molar refractivity (Wildman–Crippen MR) is 241 cm³/mol. The zero-order chi connectivity index (χ0) is 45.0. The van der Waals surface area contributed by atoms with Gasteiger partial charge >= 0.3 is 5.97 Å². The maximum atomic E-state index is 11.7. The third kappa shape index (κ3) is 10.5. The molecule has 2 heterocycles. The summed E-state index contributed by atoms with van der Waals surface area (Å²) in [4.78, 5) is 13.9. The largest absolute Gasteiger partial charge is 0.497 e. The van der Waals surface area contributed by atoms with E-state index in [0.29, 0.717) is 63.1 Å². The molecule has 0 atom stereocenters. The van der Waals surface area contributed by atoms with Crippen LogP contribution in [0.4, 0.5) is 11.4 Å². The molecule has 0 unspecified atom stereocenters. The van der Waals surface area contributed by atoms with Gasteiger partial charge in [0.1, 0.15) is 29.6 Å². The third-order valence-electron chi connectivity index (χ3n) is 11.9. The lowest BCUT2D eigenvalue weighted by Crippen LogP contribution is -2.28. The van der Waals surface area contributed by atoms with E-state index in [1.54, 1.807) is 26.4 Å². The zero-order valence-electron chi connectivity index (χ0n) is 36.2. The maximum Gasteiger partial charge on any atom is 0.335 e. The van der Waals surface area contributed by atoms with E-state index in [-0.39, 0.29) is 17.1 Å². The van der Waals surface area contributed by atoms with Crippen molar-refractivity contribution in [1.29, 1.82) is 0 Å². The Kier molecular flexibility index (Phi) is 13.9. The molecule has 0 aromatic heterocycles. The Morgan fingerprint density at radius 3 is 2.00 bits per heavy atom. The van der Waals surface area contributed by atoms with Gasteiger partial charge in [-0.15, -0.1) is 0 Å². The van der Waals surface area contributed by atoms with E-state index in [4.69, 9.17) is 14.2 Å². The Balaban J connectivity index is 1.44. The van der Waals surface area contributed by atoms with Crippen LogP contribution in [0.25, 0.3) is 0 Å². The first-order chi connectivity index (χ1) is 29.2. The van der Waals surface area contributed by atoms with E-state index in [1.807, 2.05) is 36.4 Å². The van der Waals surface area contributed by atoms with Crippen LogP contribution in [0.2, 0.25) is 0 Å². The summed E-state index contributed by atoms with van der Waals surface area (Å²) < 4.78 is 85.0. The summed E-state index contributed by atoms with van der Waals surface area (Å²) in [6.07, 6.45) is 12.2. The number of hydrogen-bond acceptors (Lipinski definition) is 9. The zero-order valence-corrected chi connectivity index (χ0v) is 37.8. The van der Waals surface area contributed by atoms with Crippen molar-refractivity contribution in [3.8, 4) is 17.2 Å². The Morgan fingerprint density at radius 2 is 1.37 bits per heavy atom. The van der Waals surface area contributed by atoms with Gasteiger partial charge in [-0.1, -0.05) is 19.9 Å². The molecule has 0 saturated carbocycles. The van der Waals surface area contributed by atoms with Crippen molar-refractivity contribution in [3.63, 3.8) is 0 Å². The van der Waals surface area contributed by atoms with Crippen molar-refractivity contribution in [2.75, 3.05) is 43.7 Å². The fourth-order valence-corrected chi connectivity index (χ4v) is 9.79. The number of nitrogens with zero attached hydrogens (tertiary/aromatic N) is 2. The van der Waals surface area contributed by atoms with Crippen LogP contribution in [0.1, 0.15) is 94.1 Å². The summed E-state index contributed by atoms with van der Waals surface area (Å²) in [5.74, 6) is 0.897. The van der Waals surface area contributed by atoms with Gasteiger partial charge in [0.25, 0.3) is 20.2 Å². The van der Waals surface area contributed by atoms with Crippen LogP contribution in [-0.4, -0.2) is 86.1 Å². The highest BCUT2D eigenvalue weighted by atomic mass is 32.2. The number of hydrogen-bond donors (Lipinski definition) is 3. The highest BCUT2D eigenvalue weighted by molar-refractivity contribution is 7.86. The molecule has 3 N–H and O–H groups in total. The number of carbonyl (C=O) groups is 1.